The third kappa shape index (κ3) is 3.40. The fourth-order valence-electron chi connectivity index (χ4n) is 4.40. The molecule has 5 rings (SSSR count). The summed E-state index contributed by atoms with van der Waals surface area (Å²) in [7, 11) is 0. The summed E-state index contributed by atoms with van der Waals surface area (Å²) in [6, 6.07) is 24.0. The highest BCUT2D eigenvalue weighted by molar-refractivity contribution is 6.17. The summed E-state index contributed by atoms with van der Waals surface area (Å²) in [5, 5.41) is 3.54. The summed E-state index contributed by atoms with van der Waals surface area (Å²) in [5.74, 6) is -0.742. The maximum Gasteiger partial charge on any atom is 0.325 e. The monoisotopic (exact) mass is 437 g/mol. The number of carbonyl (C=O) groups is 3. The van der Waals surface area contributed by atoms with Gasteiger partial charge in [0.1, 0.15) is 5.54 Å². The van der Waals surface area contributed by atoms with Crippen LogP contribution in [-0.4, -0.2) is 34.2 Å². The molecule has 2 heterocycles. The third-order valence-corrected chi connectivity index (χ3v) is 6.25. The van der Waals surface area contributed by atoms with E-state index in [1.54, 1.807) is 6.92 Å². The van der Waals surface area contributed by atoms with Crippen LogP contribution in [-0.2, 0) is 10.3 Å². The molecule has 3 amide bonds. The number of H-pyrrole nitrogens is 1. The molecule has 4 aromatic rings. The zero-order valence-electron chi connectivity index (χ0n) is 18.4. The number of benzene rings is 3. The second kappa shape index (κ2) is 7.74. The number of aromatic amines is 1. The van der Waals surface area contributed by atoms with Gasteiger partial charge in [-0.2, -0.15) is 0 Å². The van der Waals surface area contributed by atoms with Crippen molar-refractivity contribution in [1.82, 2.24) is 15.2 Å². The summed E-state index contributed by atoms with van der Waals surface area (Å²) < 4.78 is 0. The maximum atomic E-state index is 13.6. The van der Waals surface area contributed by atoms with E-state index in [-0.39, 0.29) is 12.3 Å². The van der Waals surface area contributed by atoms with E-state index in [1.165, 1.54) is 0 Å². The van der Waals surface area contributed by atoms with Crippen LogP contribution in [0, 0.1) is 6.92 Å². The SMILES string of the molecule is Cc1ccc([C@@]2(C)NC(=O)N(CC(=O)c3c(-c4ccccc4)[nH]c4ccccc34)C2=O)cc1. The number of urea groups is 1. The van der Waals surface area contributed by atoms with Gasteiger partial charge in [-0.25, -0.2) is 4.79 Å². The third-order valence-electron chi connectivity index (χ3n) is 6.25. The molecule has 0 radical (unpaired) electrons. The summed E-state index contributed by atoms with van der Waals surface area (Å²) >= 11 is 0. The summed E-state index contributed by atoms with van der Waals surface area (Å²) in [5.41, 5.74) is 3.35. The number of aryl methyl sites for hydroxylation is 1. The lowest BCUT2D eigenvalue weighted by molar-refractivity contribution is -0.130. The van der Waals surface area contributed by atoms with Gasteiger partial charge >= 0.3 is 6.03 Å². The van der Waals surface area contributed by atoms with Gasteiger partial charge in [0.25, 0.3) is 5.91 Å². The molecule has 6 nitrogen and oxygen atoms in total. The number of amides is 3. The molecule has 1 aliphatic heterocycles. The highest BCUT2D eigenvalue weighted by Crippen LogP contribution is 2.33. The molecule has 1 fully saturated rings. The lowest BCUT2D eigenvalue weighted by atomic mass is 9.91. The normalized spacial score (nSPS) is 18.1. The molecule has 1 aromatic heterocycles. The number of Topliss-reactive ketones (excluding diaryl/α,β-unsaturated/α-hetero) is 1. The van der Waals surface area contributed by atoms with E-state index < -0.39 is 17.5 Å². The van der Waals surface area contributed by atoms with Crippen LogP contribution in [0.4, 0.5) is 4.79 Å². The molecule has 0 unspecified atom stereocenters. The quantitative estimate of drug-likeness (QED) is 0.348. The van der Waals surface area contributed by atoms with Crippen LogP contribution in [0.5, 0.6) is 0 Å². The number of nitrogens with one attached hydrogen (secondary N) is 2. The van der Waals surface area contributed by atoms with E-state index in [0.29, 0.717) is 16.8 Å². The van der Waals surface area contributed by atoms with Crippen molar-refractivity contribution in [3.63, 3.8) is 0 Å². The van der Waals surface area contributed by atoms with E-state index in [9.17, 15) is 14.4 Å². The Labute approximate surface area is 191 Å². The van der Waals surface area contributed by atoms with Gasteiger partial charge in [0.05, 0.1) is 17.8 Å². The van der Waals surface area contributed by atoms with Crippen molar-refractivity contribution in [1.29, 1.82) is 0 Å². The summed E-state index contributed by atoms with van der Waals surface area (Å²) in [6.45, 7) is 3.29. The number of para-hydroxylation sites is 1. The minimum absolute atomic E-state index is 0.303. The van der Waals surface area contributed by atoms with Crippen molar-refractivity contribution in [2.45, 2.75) is 19.4 Å². The fraction of sp³-hybridized carbons (Fsp3) is 0.148. The standard InChI is InChI=1S/C27H23N3O3/c1-17-12-14-19(15-13-17)27(2)25(32)30(26(33)29-27)16-22(31)23-20-10-6-7-11-21(20)28-24(23)18-8-4-3-5-9-18/h3-15,28H,16H2,1-2H3,(H,29,33)/t27-/m1/s1. The first-order chi connectivity index (χ1) is 15.9. The Hall–Kier alpha value is -4.19. The zero-order valence-corrected chi connectivity index (χ0v) is 18.4. The van der Waals surface area contributed by atoms with Gasteiger partial charge in [-0.15, -0.1) is 0 Å². The van der Waals surface area contributed by atoms with E-state index in [0.717, 1.165) is 26.9 Å². The first kappa shape index (κ1) is 20.7. The minimum atomic E-state index is -1.21. The highest BCUT2D eigenvalue weighted by Gasteiger charge is 2.49. The van der Waals surface area contributed by atoms with Crippen LogP contribution in [0.3, 0.4) is 0 Å². The van der Waals surface area contributed by atoms with Gasteiger partial charge in [-0.1, -0.05) is 78.4 Å². The molecule has 1 atom stereocenters. The molecule has 0 saturated carbocycles. The van der Waals surface area contributed by atoms with Crippen molar-refractivity contribution < 1.29 is 14.4 Å². The van der Waals surface area contributed by atoms with Gasteiger partial charge in [-0.05, 0) is 31.0 Å². The molecule has 1 saturated heterocycles. The van der Waals surface area contributed by atoms with Crippen LogP contribution in [0.25, 0.3) is 22.2 Å². The van der Waals surface area contributed by atoms with Crippen molar-refractivity contribution in [2.75, 3.05) is 6.54 Å². The van der Waals surface area contributed by atoms with Crippen molar-refractivity contribution in [3.8, 4) is 11.3 Å². The number of hydrogen-bond acceptors (Lipinski definition) is 3. The summed E-state index contributed by atoms with van der Waals surface area (Å²) in [4.78, 5) is 44.0. The number of hydrogen-bond donors (Lipinski definition) is 2. The van der Waals surface area contributed by atoms with Gasteiger partial charge in [0.15, 0.2) is 5.78 Å². The Bertz CT molecular complexity index is 1390. The van der Waals surface area contributed by atoms with Crippen LogP contribution in [0.2, 0.25) is 0 Å². The predicted molar refractivity (Wildman–Crippen MR) is 127 cm³/mol. The Balaban J connectivity index is 1.51. The molecule has 33 heavy (non-hydrogen) atoms. The van der Waals surface area contributed by atoms with E-state index in [1.807, 2.05) is 85.8 Å². The molecule has 0 spiro atoms. The van der Waals surface area contributed by atoms with Crippen LogP contribution in [0.1, 0.15) is 28.4 Å². The van der Waals surface area contributed by atoms with Gasteiger partial charge < -0.3 is 10.3 Å². The molecular weight excluding hydrogens is 414 g/mol. The average molecular weight is 437 g/mol. The van der Waals surface area contributed by atoms with Gasteiger partial charge in [-0.3, -0.25) is 14.5 Å². The van der Waals surface area contributed by atoms with Crippen LogP contribution in [0.15, 0.2) is 78.9 Å². The second-order valence-corrected chi connectivity index (χ2v) is 8.52. The van der Waals surface area contributed by atoms with Gasteiger partial charge in [0, 0.05) is 10.9 Å². The smallest absolute Gasteiger partial charge is 0.325 e. The number of aromatic nitrogens is 1. The highest BCUT2D eigenvalue weighted by atomic mass is 16.2. The van der Waals surface area contributed by atoms with Gasteiger partial charge in [0.2, 0.25) is 0 Å². The minimum Gasteiger partial charge on any atom is -0.354 e. The predicted octanol–water partition coefficient (Wildman–Crippen LogP) is 4.79. The zero-order chi connectivity index (χ0) is 23.2. The number of rotatable bonds is 5. The van der Waals surface area contributed by atoms with Crippen molar-refractivity contribution in [2.24, 2.45) is 0 Å². The number of imide groups is 1. The molecule has 3 aromatic carbocycles. The molecule has 2 N–H and O–H groups in total. The van der Waals surface area contributed by atoms with E-state index in [4.69, 9.17) is 0 Å². The maximum absolute atomic E-state index is 13.6. The largest absolute Gasteiger partial charge is 0.354 e. The Morgan fingerprint density at radius 1 is 0.909 bits per heavy atom. The number of carbonyl (C=O) groups excluding carboxylic acids is 3. The Kier molecular flexibility index (Phi) is 4.86. The lowest BCUT2D eigenvalue weighted by Gasteiger charge is -2.22. The molecule has 1 aliphatic rings. The molecule has 0 bridgehead atoms. The Morgan fingerprint density at radius 3 is 2.30 bits per heavy atom. The van der Waals surface area contributed by atoms with Crippen LogP contribution < -0.4 is 5.32 Å². The fourth-order valence-corrected chi connectivity index (χ4v) is 4.40. The van der Waals surface area contributed by atoms with Crippen molar-refractivity contribution in [3.05, 3.63) is 95.6 Å². The Morgan fingerprint density at radius 2 is 1.58 bits per heavy atom. The first-order valence-electron chi connectivity index (χ1n) is 10.8. The average Bonchev–Trinajstić information content (AvgIpc) is 3.31. The molecular formula is C27H23N3O3. The second-order valence-electron chi connectivity index (χ2n) is 8.52. The summed E-state index contributed by atoms with van der Waals surface area (Å²) in [6.07, 6.45) is 0. The molecule has 6 heteroatoms. The van der Waals surface area contributed by atoms with Crippen LogP contribution >= 0.6 is 0 Å². The number of fused-ring (bicyclic) bond motifs is 1. The van der Waals surface area contributed by atoms with E-state index >= 15 is 0 Å². The first-order valence-corrected chi connectivity index (χ1v) is 10.8. The number of nitrogens with zero attached hydrogens (tertiary/aromatic N) is 1. The topological polar surface area (TPSA) is 82.3 Å². The van der Waals surface area contributed by atoms with E-state index in [2.05, 4.69) is 10.3 Å². The molecule has 164 valence electrons. The number of ketones is 1. The molecule has 0 aliphatic carbocycles. The lowest BCUT2D eigenvalue weighted by Crippen LogP contribution is -2.41. The van der Waals surface area contributed by atoms with Crippen molar-refractivity contribution >= 4 is 28.6 Å².